The van der Waals surface area contributed by atoms with Crippen LogP contribution in [0.1, 0.15) is 11.1 Å². The first-order chi connectivity index (χ1) is 14.3. The third-order valence-electron chi connectivity index (χ3n) is 4.34. The van der Waals surface area contributed by atoms with Crippen LogP contribution in [-0.2, 0) is 11.3 Å². The number of benzene rings is 3. The molecule has 0 saturated carbocycles. The Balaban J connectivity index is 1.89. The normalized spacial score (nSPS) is 10.7. The summed E-state index contributed by atoms with van der Waals surface area (Å²) < 4.78 is 61.5. The maximum atomic E-state index is 14.6. The van der Waals surface area contributed by atoms with Gasteiger partial charge in [-0.1, -0.05) is 12.1 Å². The van der Waals surface area contributed by atoms with E-state index in [1.807, 2.05) is 0 Å². The van der Waals surface area contributed by atoms with Crippen molar-refractivity contribution in [1.29, 1.82) is 0 Å². The minimum Gasteiger partial charge on any atom is -0.482 e. The van der Waals surface area contributed by atoms with E-state index in [2.05, 4.69) is 5.32 Å². The van der Waals surface area contributed by atoms with Gasteiger partial charge >= 0.3 is 0 Å². The van der Waals surface area contributed by atoms with E-state index < -0.39 is 29.0 Å². The lowest BCUT2D eigenvalue weighted by Gasteiger charge is -2.14. The van der Waals surface area contributed by atoms with Crippen molar-refractivity contribution in [1.82, 2.24) is 0 Å². The Morgan fingerprint density at radius 1 is 1.00 bits per heavy atom. The number of nitrogens with one attached hydrogen (secondary N) is 1. The van der Waals surface area contributed by atoms with Crippen molar-refractivity contribution in [2.75, 3.05) is 11.9 Å². The van der Waals surface area contributed by atoms with Crippen LogP contribution in [0.4, 0.5) is 23.2 Å². The van der Waals surface area contributed by atoms with Gasteiger partial charge in [-0.15, -0.1) is 0 Å². The fraction of sp³-hybridized carbons (Fsp3) is 0.136. The Kier molecular flexibility index (Phi) is 6.96. The van der Waals surface area contributed by atoms with Crippen molar-refractivity contribution < 1.29 is 27.1 Å². The molecule has 156 valence electrons. The van der Waals surface area contributed by atoms with Gasteiger partial charge in [-0.05, 0) is 60.0 Å². The fourth-order valence-electron chi connectivity index (χ4n) is 2.93. The van der Waals surface area contributed by atoms with Gasteiger partial charge in [0.25, 0.3) is 0 Å². The van der Waals surface area contributed by atoms with E-state index >= 15 is 0 Å². The molecule has 0 aromatic heterocycles. The molecule has 0 aliphatic carbocycles. The van der Waals surface area contributed by atoms with Crippen LogP contribution in [0.25, 0.3) is 11.1 Å². The highest BCUT2D eigenvalue weighted by molar-refractivity contribution is 14.1. The lowest BCUT2D eigenvalue weighted by molar-refractivity contribution is -0.111. The van der Waals surface area contributed by atoms with Gasteiger partial charge in [0.2, 0.25) is 3.79 Å². The summed E-state index contributed by atoms with van der Waals surface area (Å²) in [6, 6.07) is 11.0. The molecule has 3 aromatic carbocycles. The van der Waals surface area contributed by atoms with Crippen molar-refractivity contribution in [2.45, 2.75) is 13.5 Å². The molecule has 1 N–H and O–H groups in total. The lowest BCUT2D eigenvalue weighted by Crippen LogP contribution is -2.10. The lowest BCUT2D eigenvalue weighted by atomic mass is 9.99. The standard InChI is InChI=1S/C22H16F4INO2/c1-12-7-14(13-3-2-4-16(23)9-13)8-15(20(12)25)10-28-22-17(24)5-6-18(21(22)26)30-11-19(27)29/h2-9,28H,10-11H2,1H3. The van der Waals surface area contributed by atoms with Crippen LogP contribution in [0.5, 0.6) is 5.75 Å². The molecule has 30 heavy (non-hydrogen) atoms. The van der Waals surface area contributed by atoms with Gasteiger partial charge in [0, 0.05) is 34.7 Å². The molecule has 0 bridgehead atoms. The molecular weight excluding hydrogens is 513 g/mol. The molecule has 0 heterocycles. The predicted octanol–water partition coefficient (Wildman–Crippen LogP) is 6.17. The number of aryl methyl sites for hydroxylation is 1. The van der Waals surface area contributed by atoms with Crippen LogP contribution in [0, 0.1) is 30.2 Å². The highest BCUT2D eigenvalue weighted by Gasteiger charge is 2.17. The summed E-state index contributed by atoms with van der Waals surface area (Å²) in [4.78, 5) is 11.0. The zero-order valence-electron chi connectivity index (χ0n) is 15.7. The number of carbonyl (C=O) groups is 1. The summed E-state index contributed by atoms with van der Waals surface area (Å²) in [5, 5.41) is 2.55. The third kappa shape index (κ3) is 5.10. The Bertz CT molecular complexity index is 1100. The van der Waals surface area contributed by atoms with E-state index in [0.29, 0.717) is 16.7 Å². The number of hydrogen-bond donors (Lipinski definition) is 1. The Labute approximate surface area is 184 Å². The highest BCUT2D eigenvalue weighted by Crippen LogP contribution is 2.30. The number of hydrogen-bond acceptors (Lipinski definition) is 3. The van der Waals surface area contributed by atoms with E-state index in [1.165, 1.54) is 46.9 Å². The van der Waals surface area contributed by atoms with Crippen LogP contribution < -0.4 is 10.1 Å². The van der Waals surface area contributed by atoms with Crippen molar-refractivity contribution in [3.63, 3.8) is 0 Å². The zero-order chi connectivity index (χ0) is 21.8. The minimum absolute atomic E-state index is 0.154. The van der Waals surface area contributed by atoms with Gasteiger partial charge in [-0.2, -0.15) is 0 Å². The first-order valence-corrected chi connectivity index (χ1v) is 9.92. The smallest absolute Gasteiger partial charge is 0.229 e. The second kappa shape index (κ2) is 9.46. The molecule has 8 heteroatoms. The van der Waals surface area contributed by atoms with Crippen LogP contribution in [0.2, 0.25) is 0 Å². The predicted molar refractivity (Wildman–Crippen MR) is 115 cm³/mol. The molecule has 0 aliphatic heterocycles. The van der Waals surface area contributed by atoms with Crippen LogP contribution >= 0.6 is 22.6 Å². The SMILES string of the molecule is Cc1cc(-c2cccc(F)c2)cc(CNc2c(F)ccc(OCC(=O)I)c2F)c1F. The zero-order valence-corrected chi connectivity index (χ0v) is 17.9. The number of carbonyl (C=O) groups excluding carboxylic acids is 1. The van der Waals surface area contributed by atoms with Crippen molar-refractivity contribution >= 4 is 32.1 Å². The van der Waals surface area contributed by atoms with Crippen LogP contribution in [-0.4, -0.2) is 10.4 Å². The maximum absolute atomic E-state index is 14.6. The topological polar surface area (TPSA) is 38.3 Å². The first-order valence-electron chi connectivity index (χ1n) is 8.84. The van der Waals surface area contributed by atoms with Crippen molar-refractivity contribution in [2.24, 2.45) is 0 Å². The van der Waals surface area contributed by atoms with Crippen molar-refractivity contribution in [3.05, 3.63) is 82.9 Å². The Morgan fingerprint density at radius 2 is 1.77 bits per heavy atom. The third-order valence-corrected chi connectivity index (χ3v) is 4.65. The Hall–Kier alpha value is -2.62. The van der Waals surface area contributed by atoms with E-state index in [9.17, 15) is 22.4 Å². The molecule has 0 amide bonds. The average Bonchev–Trinajstić information content (AvgIpc) is 2.70. The molecule has 0 radical (unpaired) electrons. The van der Waals surface area contributed by atoms with E-state index in [1.54, 1.807) is 19.1 Å². The molecule has 0 atom stereocenters. The highest BCUT2D eigenvalue weighted by atomic mass is 127. The molecular formula is C22H16F4INO2. The number of halogens is 5. The average molecular weight is 529 g/mol. The first kappa shape index (κ1) is 22.1. The van der Waals surface area contributed by atoms with E-state index in [0.717, 1.165) is 12.1 Å². The number of anilines is 1. The quantitative estimate of drug-likeness (QED) is 0.226. The van der Waals surface area contributed by atoms with Gasteiger partial charge in [-0.25, -0.2) is 17.6 Å². The summed E-state index contributed by atoms with van der Waals surface area (Å²) in [6.45, 7) is 0.961. The molecule has 0 unspecified atom stereocenters. The van der Waals surface area contributed by atoms with Gasteiger partial charge in [0.15, 0.2) is 18.2 Å². The molecule has 3 rings (SSSR count). The minimum atomic E-state index is -1.02. The number of ether oxygens (including phenoxy) is 1. The summed E-state index contributed by atoms with van der Waals surface area (Å²) in [5.41, 5.74) is 1.09. The largest absolute Gasteiger partial charge is 0.482 e. The van der Waals surface area contributed by atoms with Gasteiger partial charge < -0.3 is 10.1 Å². The molecule has 0 saturated heterocycles. The van der Waals surface area contributed by atoms with E-state index in [4.69, 9.17) is 4.74 Å². The van der Waals surface area contributed by atoms with Crippen LogP contribution in [0.3, 0.4) is 0 Å². The monoisotopic (exact) mass is 529 g/mol. The fourth-order valence-corrected chi connectivity index (χ4v) is 3.09. The second-order valence-electron chi connectivity index (χ2n) is 6.51. The van der Waals surface area contributed by atoms with Crippen LogP contribution in [0.15, 0.2) is 48.5 Å². The molecule has 0 fully saturated rings. The number of rotatable bonds is 7. The maximum Gasteiger partial charge on any atom is 0.229 e. The van der Waals surface area contributed by atoms with Gasteiger partial charge in [0.05, 0.1) is 0 Å². The molecule has 0 aliphatic rings. The molecule has 3 aromatic rings. The summed E-state index contributed by atoms with van der Waals surface area (Å²) in [5.74, 6) is -3.18. The molecule has 3 nitrogen and oxygen atoms in total. The summed E-state index contributed by atoms with van der Waals surface area (Å²) in [7, 11) is 0. The second-order valence-corrected chi connectivity index (χ2v) is 7.71. The van der Waals surface area contributed by atoms with E-state index in [-0.39, 0.29) is 28.3 Å². The summed E-state index contributed by atoms with van der Waals surface area (Å²) >= 11 is 1.50. The van der Waals surface area contributed by atoms with Gasteiger partial charge in [-0.3, -0.25) is 4.79 Å². The molecule has 0 spiro atoms. The summed E-state index contributed by atoms with van der Waals surface area (Å²) in [6.07, 6.45) is 0. The van der Waals surface area contributed by atoms with Crippen molar-refractivity contribution in [3.8, 4) is 16.9 Å². The van der Waals surface area contributed by atoms with Gasteiger partial charge in [0.1, 0.15) is 23.1 Å². The Morgan fingerprint density at radius 3 is 2.47 bits per heavy atom.